The molecule has 1 aromatic heterocycles. The van der Waals surface area contributed by atoms with Crippen molar-refractivity contribution in [3.8, 4) is 0 Å². The molecule has 1 aliphatic heterocycles. The monoisotopic (exact) mass is 542 g/mol. The first-order valence-corrected chi connectivity index (χ1v) is 11.1. The summed E-state index contributed by atoms with van der Waals surface area (Å²) in [4.78, 5) is 19.5. The van der Waals surface area contributed by atoms with Crippen LogP contribution in [0.5, 0.6) is 0 Å². The van der Waals surface area contributed by atoms with Gasteiger partial charge in [0.1, 0.15) is 5.60 Å². The highest BCUT2D eigenvalue weighted by Gasteiger charge is 2.24. The van der Waals surface area contributed by atoms with Crippen LogP contribution in [0.3, 0.4) is 0 Å². The maximum Gasteiger partial charge on any atom is 0.226 e. The number of benzene rings is 1. The molecule has 1 aromatic carbocycles. The molecular formula is C22H31IN4O2S. The van der Waals surface area contributed by atoms with Crippen LogP contribution >= 0.6 is 35.3 Å². The number of amides is 1. The summed E-state index contributed by atoms with van der Waals surface area (Å²) < 4.78 is 0. The van der Waals surface area contributed by atoms with E-state index in [1.54, 1.807) is 18.3 Å². The zero-order valence-corrected chi connectivity index (χ0v) is 20.7. The number of carbonyl (C=O) groups is 1. The van der Waals surface area contributed by atoms with Gasteiger partial charge >= 0.3 is 0 Å². The van der Waals surface area contributed by atoms with Gasteiger partial charge in [0.2, 0.25) is 5.91 Å². The van der Waals surface area contributed by atoms with Crippen molar-refractivity contribution in [3.05, 3.63) is 52.2 Å². The van der Waals surface area contributed by atoms with Crippen molar-refractivity contribution in [2.75, 3.05) is 24.5 Å². The van der Waals surface area contributed by atoms with Crippen LogP contribution < -0.4 is 15.5 Å². The molecule has 1 saturated heterocycles. The van der Waals surface area contributed by atoms with E-state index in [2.05, 4.69) is 15.6 Å². The Morgan fingerprint density at radius 1 is 1.23 bits per heavy atom. The summed E-state index contributed by atoms with van der Waals surface area (Å²) in [5.74, 6) is 0.873. The van der Waals surface area contributed by atoms with Crippen LogP contribution in [0.1, 0.15) is 43.6 Å². The second-order valence-corrected chi connectivity index (χ2v) is 8.42. The molecule has 2 heterocycles. The predicted molar refractivity (Wildman–Crippen MR) is 135 cm³/mol. The summed E-state index contributed by atoms with van der Waals surface area (Å²) in [6, 6.07) is 11.9. The van der Waals surface area contributed by atoms with Crippen LogP contribution in [-0.2, 0) is 16.9 Å². The van der Waals surface area contributed by atoms with Gasteiger partial charge in [0.05, 0.1) is 13.1 Å². The third kappa shape index (κ3) is 6.68. The van der Waals surface area contributed by atoms with Crippen molar-refractivity contribution in [1.82, 2.24) is 10.6 Å². The average molecular weight is 542 g/mol. The Labute approximate surface area is 199 Å². The fourth-order valence-corrected chi connectivity index (χ4v) is 4.09. The molecule has 0 saturated carbocycles. The van der Waals surface area contributed by atoms with E-state index >= 15 is 0 Å². The number of thiophene rings is 1. The molecule has 0 bridgehead atoms. The second kappa shape index (κ2) is 11.7. The Balaban J connectivity index is 0.00000320. The van der Waals surface area contributed by atoms with E-state index in [1.807, 2.05) is 53.6 Å². The fourth-order valence-electron chi connectivity index (χ4n) is 3.30. The molecule has 3 rings (SSSR count). The number of anilines is 1. The van der Waals surface area contributed by atoms with Crippen molar-refractivity contribution >= 4 is 52.9 Å². The number of carbonyl (C=O) groups excluding carboxylic acids is 1. The van der Waals surface area contributed by atoms with Crippen LogP contribution in [0.4, 0.5) is 5.69 Å². The lowest BCUT2D eigenvalue weighted by molar-refractivity contribution is -0.119. The molecule has 6 nitrogen and oxygen atoms in total. The zero-order chi connectivity index (χ0) is 20.7. The SMILES string of the molecule is CCNC(=NCc1ccc(N2CCCCC2=O)cc1)NCC(C)(O)c1cccs1.I. The molecule has 1 aliphatic rings. The molecule has 164 valence electrons. The van der Waals surface area contributed by atoms with Crippen molar-refractivity contribution in [3.63, 3.8) is 0 Å². The second-order valence-electron chi connectivity index (χ2n) is 7.47. The lowest BCUT2D eigenvalue weighted by Crippen LogP contribution is -2.44. The van der Waals surface area contributed by atoms with Gasteiger partial charge in [-0.05, 0) is 55.8 Å². The first kappa shape index (κ1) is 24.6. The zero-order valence-electron chi connectivity index (χ0n) is 17.6. The molecule has 0 aliphatic carbocycles. The van der Waals surface area contributed by atoms with Gasteiger partial charge < -0.3 is 20.6 Å². The summed E-state index contributed by atoms with van der Waals surface area (Å²) >= 11 is 1.54. The van der Waals surface area contributed by atoms with Crippen LogP contribution in [0, 0.1) is 0 Å². The standard InChI is InChI=1S/C22H30N4O2S.HI/c1-3-23-21(25-16-22(2,28)19-7-6-14-29-19)24-15-17-9-11-18(12-10-17)26-13-5-4-8-20(26)27;/h6-7,9-12,14,28H,3-5,8,13,15-16H2,1-2H3,(H2,23,24,25);1H. The fraction of sp³-hybridized carbons (Fsp3) is 0.455. The number of rotatable bonds is 7. The smallest absolute Gasteiger partial charge is 0.226 e. The van der Waals surface area contributed by atoms with Gasteiger partial charge in [-0.25, -0.2) is 4.99 Å². The number of halogens is 1. The Hall–Kier alpha value is -1.65. The molecule has 1 atom stereocenters. The molecule has 0 radical (unpaired) electrons. The first-order chi connectivity index (χ1) is 14.0. The lowest BCUT2D eigenvalue weighted by Gasteiger charge is -2.26. The van der Waals surface area contributed by atoms with Gasteiger partial charge in [-0.15, -0.1) is 35.3 Å². The van der Waals surface area contributed by atoms with E-state index in [0.29, 0.717) is 25.5 Å². The maximum atomic E-state index is 12.1. The Bertz CT molecular complexity index is 822. The summed E-state index contributed by atoms with van der Waals surface area (Å²) in [6.45, 7) is 6.24. The number of nitrogens with zero attached hydrogens (tertiary/aromatic N) is 2. The molecule has 2 aromatic rings. The number of nitrogens with one attached hydrogen (secondary N) is 2. The summed E-state index contributed by atoms with van der Waals surface area (Å²) in [7, 11) is 0. The molecule has 8 heteroatoms. The highest BCUT2D eigenvalue weighted by atomic mass is 127. The van der Waals surface area contributed by atoms with Gasteiger partial charge in [-0.1, -0.05) is 18.2 Å². The molecular weight excluding hydrogens is 511 g/mol. The third-order valence-electron chi connectivity index (χ3n) is 4.99. The van der Waals surface area contributed by atoms with Crippen LogP contribution in [0.15, 0.2) is 46.8 Å². The largest absolute Gasteiger partial charge is 0.383 e. The lowest BCUT2D eigenvalue weighted by atomic mass is 10.1. The Kier molecular flexibility index (Phi) is 9.57. The minimum atomic E-state index is -0.951. The topological polar surface area (TPSA) is 77.0 Å². The van der Waals surface area contributed by atoms with Crippen molar-refractivity contribution < 1.29 is 9.90 Å². The molecule has 1 unspecified atom stereocenters. The number of piperidine rings is 1. The van der Waals surface area contributed by atoms with Crippen LogP contribution in [0.2, 0.25) is 0 Å². The Morgan fingerprint density at radius 3 is 2.63 bits per heavy atom. The maximum absolute atomic E-state index is 12.1. The highest BCUT2D eigenvalue weighted by molar-refractivity contribution is 14.0. The van der Waals surface area contributed by atoms with E-state index in [-0.39, 0.29) is 29.9 Å². The number of hydrogen-bond donors (Lipinski definition) is 3. The normalized spacial score (nSPS) is 16.6. The number of guanidine groups is 1. The van der Waals surface area contributed by atoms with Gasteiger partial charge in [0.15, 0.2) is 5.96 Å². The van der Waals surface area contributed by atoms with Crippen LogP contribution in [0.25, 0.3) is 0 Å². The summed E-state index contributed by atoms with van der Waals surface area (Å²) in [6.07, 6.45) is 2.69. The van der Waals surface area contributed by atoms with Gasteiger partial charge in [-0.3, -0.25) is 4.79 Å². The third-order valence-corrected chi connectivity index (χ3v) is 6.11. The highest BCUT2D eigenvalue weighted by Crippen LogP contribution is 2.24. The molecule has 0 spiro atoms. The van der Waals surface area contributed by atoms with Crippen LogP contribution in [-0.4, -0.2) is 36.6 Å². The van der Waals surface area contributed by atoms with Crippen molar-refractivity contribution in [2.24, 2.45) is 4.99 Å². The van der Waals surface area contributed by atoms with E-state index in [4.69, 9.17) is 0 Å². The molecule has 3 N–H and O–H groups in total. The van der Waals surface area contributed by atoms with E-state index in [0.717, 1.165) is 42.1 Å². The van der Waals surface area contributed by atoms with E-state index in [9.17, 15) is 9.90 Å². The number of aliphatic hydroxyl groups is 1. The summed E-state index contributed by atoms with van der Waals surface area (Å²) in [5, 5.41) is 19.1. The van der Waals surface area contributed by atoms with E-state index in [1.165, 1.54) is 0 Å². The first-order valence-electron chi connectivity index (χ1n) is 10.2. The minimum Gasteiger partial charge on any atom is -0.383 e. The summed E-state index contributed by atoms with van der Waals surface area (Å²) in [5.41, 5.74) is 1.08. The van der Waals surface area contributed by atoms with Gasteiger partial charge in [-0.2, -0.15) is 0 Å². The molecule has 30 heavy (non-hydrogen) atoms. The quantitative estimate of drug-likeness (QED) is 0.282. The van der Waals surface area contributed by atoms with Crippen molar-refractivity contribution in [2.45, 2.75) is 45.3 Å². The van der Waals surface area contributed by atoms with Crippen molar-refractivity contribution in [1.29, 1.82) is 0 Å². The minimum absolute atomic E-state index is 0. The molecule has 1 amide bonds. The van der Waals surface area contributed by atoms with Gasteiger partial charge in [0, 0.05) is 30.1 Å². The van der Waals surface area contributed by atoms with E-state index < -0.39 is 5.60 Å². The Morgan fingerprint density at radius 2 is 2.00 bits per heavy atom. The van der Waals surface area contributed by atoms with Gasteiger partial charge in [0.25, 0.3) is 0 Å². The predicted octanol–water partition coefficient (Wildman–Crippen LogP) is 3.85. The number of hydrogen-bond acceptors (Lipinski definition) is 4. The number of aliphatic imine (C=N–C) groups is 1. The average Bonchev–Trinajstić information content (AvgIpc) is 3.27. The molecule has 1 fully saturated rings.